The molecule has 0 aliphatic rings. The summed E-state index contributed by atoms with van der Waals surface area (Å²) in [5.41, 5.74) is 0. The van der Waals surface area contributed by atoms with Crippen LogP contribution in [-0.2, 0) is 5.11 Å². The third kappa shape index (κ3) is 7.89. The van der Waals surface area contributed by atoms with Gasteiger partial charge in [0.2, 0.25) is 0 Å². The van der Waals surface area contributed by atoms with Crippen LogP contribution in [0.5, 0.6) is 0 Å². The SMILES string of the molecule is CC([O])CCCCCCF. The summed E-state index contributed by atoms with van der Waals surface area (Å²) in [7, 11) is 0. The van der Waals surface area contributed by atoms with Gasteiger partial charge in [-0.1, -0.05) is 19.3 Å². The Hall–Kier alpha value is -0.110. The van der Waals surface area contributed by atoms with E-state index < -0.39 is 6.10 Å². The molecule has 0 aromatic heterocycles. The van der Waals surface area contributed by atoms with E-state index in [0.717, 1.165) is 25.7 Å². The zero-order chi connectivity index (χ0) is 7.82. The summed E-state index contributed by atoms with van der Waals surface area (Å²) >= 11 is 0. The average Bonchev–Trinajstić information content (AvgIpc) is 1.87. The van der Waals surface area contributed by atoms with Gasteiger partial charge in [0.15, 0.2) is 0 Å². The molecular weight excluding hydrogens is 131 g/mol. The Kier molecular flexibility index (Phi) is 6.93. The quantitative estimate of drug-likeness (QED) is 0.515. The van der Waals surface area contributed by atoms with E-state index in [4.69, 9.17) is 0 Å². The van der Waals surface area contributed by atoms with Gasteiger partial charge in [-0.25, -0.2) is 5.11 Å². The molecule has 0 aliphatic heterocycles. The predicted octanol–water partition coefficient (Wildman–Crippen LogP) is 2.73. The average molecular weight is 147 g/mol. The summed E-state index contributed by atoms with van der Waals surface area (Å²) in [6, 6.07) is 0. The molecule has 61 valence electrons. The maximum absolute atomic E-state index is 11.5. The largest absolute Gasteiger partial charge is 0.251 e. The summed E-state index contributed by atoms with van der Waals surface area (Å²) in [4.78, 5) is 0. The van der Waals surface area contributed by atoms with Crippen molar-refractivity contribution >= 4 is 0 Å². The maximum Gasteiger partial charge on any atom is 0.0902 e. The van der Waals surface area contributed by atoms with Crippen molar-refractivity contribution in [3.63, 3.8) is 0 Å². The van der Waals surface area contributed by atoms with E-state index in [1.807, 2.05) is 0 Å². The number of rotatable bonds is 6. The molecule has 0 spiro atoms. The molecule has 10 heavy (non-hydrogen) atoms. The Bertz CT molecular complexity index is 64.3. The number of hydrogen-bond donors (Lipinski definition) is 0. The Labute approximate surface area is 62.3 Å². The molecule has 0 aromatic carbocycles. The molecule has 0 N–H and O–H groups in total. The summed E-state index contributed by atoms with van der Waals surface area (Å²) < 4.78 is 11.5. The molecule has 1 nitrogen and oxygen atoms in total. The Morgan fingerprint density at radius 2 is 1.80 bits per heavy atom. The van der Waals surface area contributed by atoms with Crippen molar-refractivity contribution in [2.45, 2.75) is 45.1 Å². The van der Waals surface area contributed by atoms with Crippen LogP contribution in [0.1, 0.15) is 39.0 Å². The first-order chi connectivity index (χ1) is 4.77. The Morgan fingerprint density at radius 1 is 1.20 bits per heavy atom. The molecule has 0 rings (SSSR count). The topological polar surface area (TPSA) is 19.9 Å². The molecule has 0 saturated carbocycles. The van der Waals surface area contributed by atoms with Gasteiger partial charge < -0.3 is 0 Å². The third-order valence-electron chi connectivity index (χ3n) is 1.49. The molecular formula is C8H16FO. The van der Waals surface area contributed by atoms with E-state index >= 15 is 0 Å². The van der Waals surface area contributed by atoms with E-state index in [9.17, 15) is 9.50 Å². The molecule has 0 fully saturated rings. The highest BCUT2D eigenvalue weighted by Gasteiger charge is 1.96. The predicted molar refractivity (Wildman–Crippen MR) is 39.2 cm³/mol. The molecule has 0 heterocycles. The molecule has 1 unspecified atom stereocenters. The van der Waals surface area contributed by atoms with Crippen LogP contribution >= 0.6 is 0 Å². The minimum Gasteiger partial charge on any atom is -0.251 e. The number of unbranched alkanes of at least 4 members (excludes halogenated alkanes) is 3. The summed E-state index contributed by atoms with van der Waals surface area (Å²) in [5.74, 6) is 0. The Morgan fingerprint density at radius 3 is 2.30 bits per heavy atom. The lowest BCUT2D eigenvalue weighted by Gasteiger charge is -1.99. The minimum absolute atomic E-state index is 0.215. The van der Waals surface area contributed by atoms with Gasteiger partial charge in [-0.05, 0) is 19.8 Å². The lowest BCUT2D eigenvalue weighted by atomic mass is 10.1. The van der Waals surface area contributed by atoms with Crippen LogP contribution < -0.4 is 0 Å². The lowest BCUT2D eigenvalue weighted by molar-refractivity contribution is 0.0950. The summed E-state index contributed by atoms with van der Waals surface area (Å²) in [6.45, 7) is 1.46. The smallest absolute Gasteiger partial charge is 0.0902 e. The van der Waals surface area contributed by atoms with Crippen molar-refractivity contribution in [2.75, 3.05) is 6.67 Å². The lowest BCUT2D eigenvalue weighted by Crippen LogP contribution is -1.96. The molecule has 0 amide bonds. The van der Waals surface area contributed by atoms with Crippen molar-refractivity contribution in [1.29, 1.82) is 0 Å². The number of hydrogen-bond acceptors (Lipinski definition) is 0. The highest BCUT2D eigenvalue weighted by Crippen LogP contribution is 2.05. The second-order valence-corrected chi connectivity index (χ2v) is 2.70. The van der Waals surface area contributed by atoms with E-state index in [1.54, 1.807) is 6.92 Å². The van der Waals surface area contributed by atoms with Gasteiger partial charge in [-0.3, -0.25) is 4.39 Å². The molecule has 2 heteroatoms. The van der Waals surface area contributed by atoms with Gasteiger partial charge in [0, 0.05) is 0 Å². The van der Waals surface area contributed by atoms with E-state index in [0.29, 0.717) is 6.42 Å². The molecule has 0 aliphatic carbocycles. The molecule has 1 atom stereocenters. The highest BCUT2D eigenvalue weighted by molar-refractivity contribution is 4.48. The standard InChI is InChI=1S/C8H16FO/c1-8(10)6-4-2-3-5-7-9/h8H,2-7H2,1H3. The fourth-order valence-corrected chi connectivity index (χ4v) is 0.880. The summed E-state index contributed by atoms with van der Waals surface area (Å²) in [6.07, 6.45) is 3.87. The molecule has 0 aromatic rings. The van der Waals surface area contributed by atoms with Crippen LogP contribution in [-0.4, -0.2) is 12.8 Å². The number of halogens is 1. The monoisotopic (exact) mass is 147 g/mol. The Balaban J connectivity index is 2.77. The van der Waals surface area contributed by atoms with Gasteiger partial charge in [0.05, 0.1) is 12.8 Å². The van der Waals surface area contributed by atoms with Crippen molar-refractivity contribution in [1.82, 2.24) is 0 Å². The molecule has 0 saturated heterocycles. The van der Waals surface area contributed by atoms with Crippen LogP contribution in [0.3, 0.4) is 0 Å². The van der Waals surface area contributed by atoms with Crippen molar-refractivity contribution in [3.8, 4) is 0 Å². The van der Waals surface area contributed by atoms with Gasteiger partial charge in [-0.2, -0.15) is 0 Å². The fourth-order valence-electron chi connectivity index (χ4n) is 0.880. The first-order valence-corrected chi connectivity index (χ1v) is 3.99. The second kappa shape index (κ2) is 7.00. The summed E-state index contributed by atoms with van der Waals surface area (Å²) in [5, 5.41) is 10.5. The third-order valence-corrected chi connectivity index (χ3v) is 1.49. The fraction of sp³-hybridized carbons (Fsp3) is 1.00. The van der Waals surface area contributed by atoms with Crippen LogP contribution in [0.4, 0.5) is 4.39 Å². The van der Waals surface area contributed by atoms with E-state index in [1.165, 1.54) is 0 Å². The van der Waals surface area contributed by atoms with E-state index in [-0.39, 0.29) is 6.67 Å². The van der Waals surface area contributed by atoms with Crippen LogP contribution in [0, 0.1) is 0 Å². The van der Waals surface area contributed by atoms with Crippen molar-refractivity contribution in [3.05, 3.63) is 0 Å². The van der Waals surface area contributed by atoms with E-state index in [2.05, 4.69) is 0 Å². The van der Waals surface area contributed by atoms with Crippen LogP contribution in [0.15, 0.2) is 0 Å². The minimum atomic E-state index is -0.439. The second-order valence-electron chi connectivity index (χ2n) is 2.70. The van der Waals surface area contributed by atoms with Crippen molar-refractivity contribution in [2.24, 2.45) is 0 Å². The van der Waals surface area contributed by atoms with Gasteiger partial charge in [-0.15, -0.1) is 0 Å². The van der Waals surface area contributed by atoms with Crippen molar-refractivity contribution < 1.29 is 9.50 Å². The van der Waals surface area contributed by atoms with Crippen LogP contribution in [0.2, 0.25) is 0 Å². The highest BCUT2D eigenvalue weighted by atomic mass is 19.1. The molecule has 0 bridgehead atoms. The number of alkyl halides is 1. The zero-order valence-electron chi connectivity index (χ0n) is 6.61. The van der Waals surface area contributed by atoms with Gasteiger partial charge in [0.1, 0.15) is 0 Å². The first kappa shape index (κ1) is 9.89. The van der Waals surface area contributed by atoms with Gasteiger partial charge >= 0.3 is 0 Å². The normalized spacial score (nSPS) is 13.5. The first-order valence-electron chi connectivity index (χ1n) is 3.99. The maximum atomic E-state index is 11.5. The van der Waals surface area contributed by atoms with Crippen LogP contribution in [0.25, 0.3) is 0 Å². The van der Waals surface area contributed by atoms with Gasteiger partial charge in [0.25, 0.3) is 0 Å². The molecule has 1 radical (unpaired) electrons. The zero-order valence-corrected chi connectivity index (χ0v) is 6.61.